The summed E-state index contributed by atoms with van der Waals surface area (Å²) in [6.45, 7) is 3.78. The molecule has 8 heteroatoms. The van der Waals surface area contributed by atoms with Crippen molar-refractivity contribution in [2.75, 3.05) is 30.7 Å². The molecular weight excluding hydrogens is 479 g/mol. The van der Waals surface area contributed by atoms with Crippen LogP contribution in [0, 0.1) is 0 Å². The van der Waals surface area contributed by atoms with E-state index in [1.54, 1.807) is 6.07 Å². The largest absolute Gasteiger partial charge is 0.418 e. The van der Waals surface area contributed by atoms with Crippen molar-refractivity contribution in [2.24, 2.45) is 0 Å². The number of nitrogens with one attached hydrogen (secondary N) is 1. The highest BCUT2D eigenvalue weighted by Crippen LogP contribution is 2.36. The van der Waals surface area contributed by atoms with Crippen LogP contribution in [-0.2, 0) is 22.1 Å². The zero-order valence-corrected chi connectivity index (χ0v) is 21.5. The molecule has 2 aromatic rings. The van der Waals surface area contributed by atoms with Gasteiger partial charge in [-0.15, -0.1) is 0 Å². The number of amides is 1. The van der Waals surface area contributed by atoms with E-state index in [0.29, 0.717) is 11.6 Å². The first-order valence-corrected chi connectivity index (χ1v) is 13.4. The van der Waals surface area contributed by atoms with E-state index in [-0.39, 0.29) is 30.3 Å². The minimum atomic E-state index is -4.48. The second-order valence-electron chi connectivity index (χ2n) is 10.4. The third-order valence-electron chi connectivity index (χ3n) is 7.68. The quantitative estimate of drug-likeness (QED) is 0.399. The number of aryl methyl sites for hydroxylation is 1. The maximum Gasteiger partial charge on any atom is 0.418 e. The Morgan fingerprint density at radius 1 is 1.03 bits per heavy atom. The number of nitrogen functional groups attached to an aromatic ring is 1. The molecule has 0 aromatic heterocycles. The lowest BCUT2D eigenvalue weighted by Gasteiger charge is -2.33. The summed E-state index contributed by atoms with van der Waals surface area (Å²) in [5, 5.41) is 3.20. The zero-order valence-electron chi connectivity index (χ0n) is 21.5. The smallest absolute Gasteiger partial charge is 0.398 e. The number of anilines is 2. The van der Waals surface area contributed by atoms with Gasteiger partial charge < -0.3 is 20.7 Å². The number of carbonyl (C=O) groups is 1. The van der Waals surface area contributed by atoms with Crippen LogP contribution in [0.4, 0.5) is 24.5 Å². The highest BCUT2D eigenvalue weighted by atomic mass is 19.4. The number of nitrogens with zero attached hydrogens (tertiary/aromatic N) is 1. The van der Waals surface area contributed by atoms with Crippen LogP contribution in [-0.4, -0.2) is 42.6 Å². The van der Waals surface area contributed by atoms with Crippen LogP contribution in [0.15, 0.2) is 42.5 Å². The van der Waals surface area contributed by atoms with Gasteiger partial charge in [-0.3, -0.25) is 4.79 Å². The van der Waals surface area contributed by atoms with E-state index in [1.165, 1.54) is 17.2 Å². The number of rotatable bonds is 8. The Morgan fingerprint density at radius 3 is 2.32 bits per heavy atom. The number of ether oxygens (including phenoxy) is 1. The van der Waals surface area contributed by atoms with Gasteiger partial charge in [0.1, 0.15) is 6.61 Å². The van der Waals surface area contributed by atoms with E-state index in [9.17, 15) is 18.0 Å². The summed E-state index contributed by atoms with van der Waals surface area (Å²) < 4.78 is 45.3. The van der Waals surface area contributed by atoms with E-state index < -0.39 is 11.7 Å². The Morgan fingerprint density at radius 2 is 1.70 bits per heavy atom. The maximum atomic E-state index is 13.1. The van der Waals surface area contributed by atoms with Gasteiger partial charge in [0.15, 0.2) is 0 Å². The molecule has 0 spiro atoms. The zero-order chi connectivity index (χ0) is 26.4. The predicted molar refractivity (Wildman–Crippen MR) is 140 cm³/mol. The summed E-state index contributed by atoms with van der Waals surface area (Å²) in [6, 6.07) is 12.9. The van der Waals surface area contributed by atoms with Crippen molar-refractivity contribution in [3.63, 3.8) is 0 Å². The van der Waals surface area contributed by atoms with E-state index >= 15 is 0 Å². The van der Waals surface area contributed by atoms with Crippen LogP contribution in [0.2, 0.25) is 0 Å². The Bertz CT molecular complexity index is 1030. The minimum Gasteiger partial charge on any atom is -0.398 e. The lowest BCUT2D eigenvalue weighted by molar-refractivity contribution is -0.140. The minimum absolute atomic E-state index is 0.00155. The van der Waals surface area contributed by atoms with Crippen LogP contribution in [0.1, 0.15) is 74.5 Å². The highest BCUT2D eigenvalue weighted by Gasteiger charge is 2.33. The number of carbonyl (C=O) groups excluding carboxylic acids is 1. The molecule has 0 bridgehead atoms. The Hall–Kier alpha value is -2.74. The summed E-state index contributed by atoms with van der Waals surface area (Å²) in [5.74, 6) is 0.537. The first-order chi connectivity index (χ1) is 17.7. The van der Waals surface area contributed by atoms with Gasteiger partial charge in [-0.05, 0) is 80.2 Å². The lowest BCUT2D eigenvalue weighted by atomic mass is 9.88. The number of alkyl halides is 3. The van der Waals surface area contributed by atoms with E-state index in [2.05, 4.69) is 36.5 Å². The monoisotopic (exact) mass is 517 g/mol. The fourth-order valence-corrected chi connectivity index (χ4v) is 5.49. The summed E-state index contributed by atoms with van der Waals surface area (Å²) in [4.78, 5) is 14.6. The van der Waals surface area contributed by atoms with Gasteiger partial charge in [-0.2, -0.15) is 13.2 Å². The molecule has 2 aliphatic rings. The van der Waals surface area contributed by atoms with Crippen LogP contribution in [0.5, 0.6) is 0 Å². The lowest BCUT2D eigenvalue weighted by Crippen LogP contribution is -2.41. The molecule has 5 nitrogen and oxygen atoms in total. The molecule has 1 aliphatic heterocycles. The number of hydrogen-bond donors (Lipinski definition) is 2. The molecule has 1 amide bonds. The molecule has 3 N–H and O–H groups in total. The van der Waals surface area contributed by atoms with Crippen molar-refractivity contribution < 1.29 is 22.7 Å². The van der Waals surface area contributed by atoms with Crippen molar-refractivity contribution in [3.8, 4) is 0 Å². The molecule has 4 rings (SSSR count). The summed E-state index contributed by atoms with van der Waals surface area (Å²) in [6.07, 6.45) is 2.79. The molecule has 2 fully saturated rings. The number of halogens is 3. The van der Waals surface area contributed by atoms with Crippen molar-refractivity contribution in [1.82, 2.24) is 4.90 Å². The van der Waals surface area contributed by atoms with Crippen molar-refractivity contribution in [1.29, 1.82) is 0 Å². The maximum absolute atomic E-state index is 13.1. The third kappa shape index (κ3) is 7.40. The van der Waals surface area contributed by atoms with Gasteiger partial charge in [0.05, 0.1) is 11.7 Å². The number of nitrogens with two attached hydrogens (primary N) is 1. The van der Waals surface area contributed by atoms with E-state index in [1.807, 2.05) is 4.90 Å². The topological polar surface area (TPSA) is 67.6 Å². The second kappa shape index (κ2) is 12.2. The van der Waals surface area contributed by atoms with Gasteiger partial charge in [0, 0.05) is 30.5 Å². The fourth-order valence-electron chi connectivity index (χ4n) is 5.49. The number of hydrogen-bond acceptors (Lipinski definition) is 4. The van der Waals surface area contributed by atoms with Crippen LogP contribution in [0.25, 0.3) is 0 Å². The number of benzene rings is 2. The third-order valence-corrected chi connectivity index (χ3v) is 7.68. The molecule has 0 unspecified atom stereocenters. The molecule has 1 aliphatic carbocycles. The van der Waals surface area contributed by atoms with Crippen LogP contribution >= 0.6 is 0 Å². The molecule has 1 heterocycles. The fraction of sp³-hybridized carbons (Fsp3) is 0.552. The first-order valence-electron chi connectivity index (χ1n) is 13.4. The molecule has 0 radical (unpaired) electrons. The average Bonchev–Trinajstić information content (AvgIpc) is 2.89. The first kappa shape index (κ1) is 27.3. The van der Waals surface area contributed by atoms with Crippen molar-refractivity contribution in [3.05, 3.63) is 59.2 Å². The predicted octanol–water partition coefficient (Wildman–Crippen LogP) is 6.39. The average molecular weight is 518 g/mol. The molecule has 2 aromatic carbocycles. The van der Waals surface area contributed by atoms with Crippen LogP contribution < -0.4 is 11.1 Å². The SMILES string of the molecule is CCCc1ccc(C2CCN(C(=O)COC3CCC(Nc4ccc(N)c(C(F)(F)F)c4)CC3)CC2)cc1. The standard InChI is InChI=1S/C29H38F3N3O2/c1-2-3-20-4-6-21(7-5-20)22-14-16-35(17-15-22)28(36)19-37-25-11-8-23(9-12-25)34-24-10-13-27(33)26(18-24)29(30,31)32/h4-7,10,13,18,22-23,25,34H,2-3,8-9,11-12,14-17,19,33H2,1H3. The Labute approximate surface area is 217 Å². The molecular formula is C29H38F3N3O2. The molecule has 37 heavy (non-hydrogen) atoms. The van der Waals surface area contributed by atoms with Gasteiger partial charge >= 0.3 is 6.18 Å². The number of likely N-dealkylation sites (tertiary alicyclic amines) is 1. The van der Waals surface area contributed by atoms with Gasteiger partial charge in [-0.1, -0.05) is 37.6 Å². The van der Waals surface area contributed by atoms with E-state index in [4.69, 9.17) is 10.5 Å². The molecule has 202 valence electrons. The summed E-state index contributed by atoms with van der Waals surface area (Å²) >= 11 is 0. The highest BCUT2D eigenvalue weighted by molar-refractivity contribution is 5.77. The Balaban J connectivity index is 1.16. The van der Waals surface area contributed by atoms with Gasteiger partial charge in [0.25, 0.3) is 0 Å². The molecule has 1 saturated heterocycles. The van der Waals surface area contributed by atoms with Crippen LogP contribution in [0.3, 0.4) is 0 Å². The van der Waals surface area contributed by atoms with Gasteiger partial charge in [-0.25, -0.2) is 0 Å². The summed E-state index contributed by atoms with van der Waals surface area (Å²) in [7, 11) is 0. The summed E-state index contributed by atoms with van der Waals surface area (Å²) in [5.41, 5.74) is 7.56. The van der Waals surface area contributed by atoms with Gasteiger partial charge in [0.2, 0.25) is 5.91 Å². The van der Waals surface area contributed by atoms with E-state index in [0.717, 1.165) is 70.5 Å². The normalized spacial score (nSPS) is 21.1. The number of piperidine rings is 1. The Kier molecular flexibility index (Phi) is 9.00. The van der Waals surface area contributed by atoms with Crippen molar-refractivity contribution in [2.45, 2.75) is 82.5 Å². The molecule has 1 saturated carbocycles. The van der Waals surface area contributed by atoms with Crippen molar-refractivity contribution >= 4 is 17.3 Å². The molecule has 0 atom stereocenters. The second-order valence-corrected chi connectivity index (χ2v) is 10.4.